The molecule has 2 unspecified atom stereocenters. The SMILES string of the molecule is CCCC1SCC(C(=O)O)N1C(=O)c1cc(C)ccc1O. The van der Waals surface area contributed by atoms with E-state index in [-0.39, 0.29) is 16.7 Å². The van der Waals surface area contributed by atoms with E-state index < -0.39 is 17.9 Å². The molecule has 0 aliphatic carbocycles. The summed E-state index contributed by atoms with van der Waals surface area (Å²) in [5, 5.41) is 19.1. The van der Waals surface area contributed by atoms with Crippen LogP contribution in [-0.4, -0.2) is 44.2 Å². The quantitative estimate of drug-likeness (QED) is 0.893. The molecule has 5 nitrogen and oxygen atoms in total. The largest absolute Gasteiger partial charge is 0.507 e. The first-order valence-corrected chi connectivity index (χ1v) is 7.97. The van der Waals surface area contributed by atoms with Gasteiger partial charge < -0.3 is 15.1 Å². The Kier molecular flexibility index (Phi) is 4.77. The number of carbonyl (C=O) groups is 2. The van der Waals surface area contributed by atoms with Crippen molar-refractivity contribution in [2.24, 2.45) is 0 Å². The number of benzene rings is 1. The molecule has 1 amide bonds. The minimum absolute atomic E-state index is 0.109. The maximum absolute atomic E-state index is 12.7. The highest BCUT2D eigenvalue weighted by molar-refractivity contribution is 8.00. The Hall–Kier alpha value is -1.69. The third kappa shape index (κ3) is 3.15. The standard InChI is InChI=1S/C15H19NO4S/c1-3-4-13-16(11(8-21-13)15(19)20)14(18)10-7-9(2)5-6-12(10)17/h5-7,11,13,17H,3-4,8H2,1-2H3,(H,19,20). The molecule has 1 aliphatic rings. The number of aromatic hydroxyl groups is 1. The van der Waals surface area contributed by atoms with Crippen molar-refractivity contribution in [1.82, 2.24) is 4.90 Å². The number of aliphatic carboxylic acids is 1. The van der Waals surface area contributed by atoms with Crippen LogP contribution in [0.2, 0.25) is 0 Å². The van der Waals surface area contributed by atoms with Crippen LogP contribution in [0.5, 0.6) is 5.75 Å². The number of phenols is 1. The van der Waals surface area contributed by atoms with Crippen LogP contribution in [-0.2, 0) is 4.79 Å². The van der Waals surface area contributed by atoms with Crippen molar-refractivity contribution in [3.8, 4) is 5.75 Å². The van der Waals surface area contributed by atoms with Crippen LogP contribution < -0.4 is 0 Å². The minimum atomic E-state index is -0.999. The number of nitrogens with zero attached hydrogens (tertiary/aromatic N) is 1. The first kappa shape index (κ1) is 15.7. The zero-order chi connectivity index (χ0) is 15.6. The molecule has 1 saturated heterocycles. The third-order valence-corrected chi connectivity index (χ3v) is 4.89. The lowest BCUT2D eigenvalue weighted by molar-refractivity contribution is -0.141. The fraction of sp³-hybridized carbons (Fsp3) is 0.467. The maximum atomic E-state index is 12.7. The molecule has 1 aromatic carbocycles. The zero-order valence-corrected chi connectivity index (χ0v) is 12.9. The molecule has 0 spiro atoms. The average molecular weight is 309 g/mol. The summed E-state index contributed by atoms with van der Waals surface area (Å²) in [5.41, 5.74) is 1.02. The summed E-state index contributed by atoms with van der Waals surface area (Å²) in [6, 6.07) is 3.95. The molecule has 0 aromatic heterocycles. The number of rotatable bonds is 4. The van der Waals surface area contributed by atoms with Gasteiger partial charge in [0.25, 0.3) is 5.91 Å². The fourth-order valence-corrected chi connectivity index (χ4v) is 3.97. The Labute approximate surface area is 128 Å². The lowest BCUT2D eigenvalue weighted by Gasteiger charge is -2.27. The van der Waals surface area contributed by atoms with E-state index in [4.69, 9.17) is 0 Å². The predicted molar refractivity (Wildman–Crippen MR) is 81.6 cm³/mol. The van der Waals surface area contributed by atoms with Crippen LogP contribution in [0.3, 0.4) is 0 Å². The van der Waals surface area contributed by atoms with Gasteiger partial charge in [-0.2, -0.15) is 0 Å². The van der Waals surface area contributed by atoms with Gasteiger partial charge in [-0.15, -0.1) is 11.8 Å². The Morgan fingerprint density at radius 1 is 1.43 bits per heavy atom. The monoisotopic (exact) mass is 309 g/mol. The number of carboxylic acids is 1. The zero-order valence-electron chi connectivity index (χ0n) is 12.1. The minimum Gasteiger partial charge on any atom is -0.507 e. The van der Waals surface area contributed by atoms with Crippen molar-refractivity contribution in [2.75, 3.05) is 5.75 Å². The second kappa shape index (κ2) is 6.39. The number of amides is 1. The van der Waals surface area contributed by atoms with Crippen LogP contribution in [0.15, 0.2) is 18.2 Å². The van der Waals surface area contributed by atoms with Crippen LogP contribution in [0.1, 0.15) is 35.7 Å². The highest BCUT2D eigenvalue weighted by Gasteiger charge is 2.41. The third-order valence-electron chi connectivity index (χ3n) is 3.53. The normalized spacial score (nSPS) is 21.5. The Morgan fingerprint density at radius 3 is 2.76 bits per heavy atom. The predicted octanol–water partition coefficient (Wildman–Crippen LogP) is 2.47. The summed E-state index contributed by atoms with van der Waals surface area (Å²) in [7, 11) is 0. The molecule has 1 fully saturated rings. The van der Waals surface area contributed by atoms with E-state index in [1.165, 1.54) is 22.7 Å². The van der Waals surface area contributed by atoms with Gasteiger partial charge in [0.15, 0.2) is 0 Å². The Bertz CT molecular complexity index is 561. The summed E-state index contributed by atoms with van der Waals surface area (Å²) >= 11 is 1.49. The second-order valence-corrected chi connectivity index (χ2v) is 6.37. The van der Waals surface area contributed by atoms with Gasteiger partial charge in [-0.3, -0.25) is 4.79 Å². The van der Waals surface area contributed by atoms with E-state index in [2.05, 4.69) is 0 Å². The highest BCUT2D eigenvalue weighted by Crippen LogP contribution is 2.35. The van der Waals surface area contributed by atoms with Crippen LogP contribution in [0.25, 0.3) is 0 Å². The summed E-state index contributed by atoms with van der Waals surface area (Å²) in [6.45, 7) is 3.83. The second-order valence-electron chi connectivity index (χ2n) is 5.16. The molecule has 0 saturated carbocycles. The first-order valence-electron chi connectivity index (χ1n) is 6.92. The van der Waals surface area contributed by atoms with Crippen molar-refractivity contribution < 1.29 is 19.8 Å². The van der Waals surface area contributed by atoms with Crippen molar-refractivity contribution in [1.29, 1.82) is 0 Å². The van der Waals surface area contributed by atoms with Crippen LogP contribution >= 0.6 is 11.8 Å². The molecule has 21 heavy (non-hydrogen) atoms. The first-order chi connectivity index (χ1) is 9.95. The van der Waals surface area contributed by atoms with Gasteiger partial charge in [-0.25, -0.2) is 4.79 Å². The molecule has 6 heteroatoms. The van der Waals surface area contributed by atoms with Crippen molar-refractivity contribution in [3.05, 3.63) is 29.3 Å². The number of thioether (sulfide) groups is 1. The number of carbonyl (C=O) groups excluding carboxylic acids is 1. The van der Waals surface area contributed by atoms with Crippen LogP contribution in [0, 0.1) is 6.92 Å². The number of carboxylic acid groups (broad SMARTS) is 1. The topological polar surface area (TPSA) is 77.8 Å². The lowest BCUT2D eigenvalue weighted by atomic mass is 10.1. The lowest BCUT2D eigenvalue weighted by Crippen LogP contribution is -2.45. The van der Waals surface area contributed by atoms with Crippen molar-refractivity contribution in [3.63, 3.8) is 0 Å². The summed E-state index contributed by atoms with van der Waals surface area (Å²) in [4.78, 5) is 25.5. The number of hydrogen-bond donors (Lipinski definition) is 2. The summed E-state index contributed by atoms with van der Waals surface area (Å²) < 4.78 is 0. The van der Waals surface area contributed by atoms with Crippen molar-refractivity contribution in [2.45, 2.75) is 38.1 Å². The Morgan fingerprint density at radius 2 is 2.14 bits per heavy atom. The van der Waals surface area contributed by atoms with Gasteiger partial charge in [0.05, 0.1) is 10.9 Å². The summed E-state index contributed by atoms with van der Waals surface area (Å²) in [5.74, 6) is -1.13. The molecular formula is C15H19NO4S. The molecule has 2 N–H and O–H groups in total. The van der Waals surface area contributed by atoms with E-state index in [0.717, 1.165) is 18.4 Å². The summed E-state index contributed by atoms with van der Waals surface area (Å²) in [6.07, 6.45) is 1.61. The van der Waals surface area contributed by atoms with E-state index in [9.17, 15) is 19.8 Å². The molecular weight excluding hydrogens is 290 g/mol. The number of hydrogen-bond acceptors (Lipinski definition) is 4. The van der Waals surface area contributed by atoms with E-state index >= 15 is 0 Å². The van der Waals surface area contributed by atoms with Gasteiger partial charge in [0, 0.05) is 5.75 Å². The van der Waals surface area contributed by atoms with Gasteiger partial charge in [-0.05, 0) is 25.5 Å². The van der Waals surface area contributed by atoms with E-state index in [1.807, 2.05) is 13.8 Å². The van der Waals surface area contributed by atoms with Gasteiger partial charge in [0.1, 0.15) is 11.8 Å². The maximum Gasteiger partial charge on any atom is 0.327 e. The molecule has 0 radical (unpaired) electrons. The van der Waals surface area contributed by atoms with Gasteiger partial charge in [0.2, 0.25) is 0 Å². The molecule has 114 valence electrons. The number of phenolic OH excluding ortho intramolecular Hbond substituents is 1. The molecule has 2 atom stereocenters. The average Bonchev–Trinajstić information content (AvgIpc) is 2.85. The van der Waals surface area contributed by atoms with Gasteiger partial charge in [-0.1, -0.05) is 25.0 Å². The fourth-order valence-electron chi connectivity index (χ4n) is 2.46. The highest BCUT2D eigenvalue weighted by atomic mass is 32.2. The van der Waals surface area contributed by atoms with E-state index in [0.29, 0.717) is 5.75 Å². The van der Waals surface area contributed by atoms with Crippen LogP contribution in [0.4, 0.5) is 0 Å². The molecule has 1 aromatic rings. The smallest absolute Gasteiger partial charge is 0.327 e. The van der Waals surface area contributed by atoms with Crippen molar-refractivity contribution >= 4 is 23.6 Å². The Balaban J connectivity index is 2.36. The number of aryl methyl sites for hydroxylation is 1. The van der Waals surface area contributed by atoms with E-state index in [1.54, 1.807) is 12.1 Å². The molecule has 1 heterocycles. The molecule has 2 rings (SSSR count). The van der Waals surface area contributed by atoms with Gasteiger partial charge >= 0.3 is 5.97 Å². The molecule has 1 aliphatic heterocycles. The molecule has 0 bridgehead atoms.